The highest BCUT2D eigenvalue weighted by atomic mass is 16.5. The van der Waals surface area contributed by atoms with Crippen molar-refractivity contribution in [3.8, 4) is 0 Å². The quantitative estimate of drug-likeness (QED) is 0.664. The van der Waals surface area contributed by atoms with Crippen LogP contribution in [0.2, 0.25) is 0 Å². The predicted octanol–water partition coefficient (Wildman–Crippen LogP) is 2.48. The maximum absolute atomic E-state index is 11.4. The Morgan fingerprint density at radius 1 is 1.40 bits per heavy atom. The molecule has 1 unspecified atom stereocenters. The number of hydrogen-bond acceptors (Lipinski definition) is 3. The molecule has 2 N–H and O–H groups in total. The highest BCUT2D eigenvalue weighted by Gasteiger charge is 2.24. The van der Waals surface area contributed by atoms with Crippen LogP contribution in [0.1, 0.15) is 53.4 Å². The van der Waals surface area contributed by atoms with E-state index in [0.29, 0.717) is 12.5 Å². The molecule has 3 nitrogen and oxygen atoms in total. The smallest absolute Gasteiger partial charge is 0.325 e. The van der Waals surface area contributed by atoms with Crippen molar-refractivity contribution in [1.82, 2.24) is 0 Å². The van der Waals surface area contributed by atoms with Crippen molar-refractivity contribution in [3.05, 3.63) is 0 Å². The van der Waals surface area contributed by atoms with Gasteiger partial charge in [-0.15, -0.1) is 0 Å². The Hall–Kier alpha value is -0.570. The van der Waals surface area contributed by atoms with Gasteiger partial charge in [0.05, 0.1) is 6.61 Å². The van der Waals surface area contributed by atoms with E-state index in [1.54, 1.807) is 13.8 Å². The summed E-state index contributed by atoms with van der Waals surface area (Å²) in [5, 5.41) is 0. The van der Waals surface area contributed by atoms with Gasteiger partial charge in [-0.2, -0.15) is 0 Å². The summed E-state index contributed by atoms with van der Waals surface area (Å²) in [6.45, 7) is 8.14. The summed E-state index contributed by atoms with van der Waals surface area (Å²) in [6, 6.07) is 0. The molecule has 0 aliphatic carbocycles. The third kappa shape index (κ3) is 6.50. The van der Waals surface area contributed by atoms with Gasteiger partial charge in [-0.25, -0.2) is 0 Å². The van der Waals surface area contributed by atoms with Crippen LogP contribution in [-0.2, 0) is 9.53 Å². The van der Waals surface area contributed by atoms with Crippen molar-refractivity contribution < 1.29 is 9.53 Å². The molecule has 0 amide bonds. The predicted molar refractivity (Wildman–Crippen MR) is 62.5 cm³/mol. The van der Waals surface area contributed by atoms with Gasteiger partial charge in [-0.3, -0.25) is 4.79 Å². The van der Waals surface area contributed by atoms with Gasteiger partial charge in [0.25, 0.3) is 0 Å². The van der Waals surface area contributed by atoms with Gasteiger partial charge < -0.3 is 10.5 Å². The Labute approximate surface area is 93.4 Å². The molecule has 0 spiro atoms. The van der Waals surface area contributed by atoms with Crippen LogP contribution in [0.25, 0.3) is 0 Å². The van der Waals surface area contributed by atoms with Crippen LogP contribution in [0.15, 0.2) is 0 Å². The zero-order valence-electron chi connectivity index (χ0n) is 10.5. The molecule has 3 heteroatoms. The number of rotatable bonds is 7. The third-order valence-corrected chi connectivity index (χ3v) is 2.52. The van der Waals surface area contributed by atoms with E-state index in [4.69, 9.17) is 10.5 Å². The number of unbranched alkanes of at least 4 members (excludes halogenated alkanes) is 1. The van der Waals surface area contributed by atoms with Crippen molar-refractivity contribution >= 4 is 5.97 Å². The summed E-state index contributed by atoms with van der Waals surface area (Å²) >= 11 is 0. The summed E-state index contributed by atoms with van der Waals surface area (Å²) in [5.41, 5.74) is 4.76. The van der Waals surface area contributed by atoms with E-state index < -0.39 is 5.54 Å². The van der Waals surface area contributed by atoms with Crippen molar-refractivity contribution in [1.29, 1.82) is 0 Å². The normalized spacial score (nSPS) is 13.7. The van der Waals surface area contributed by atoms with Crippen molar-refractivity contribution in [2.75, 3.05) is 6.61 Å². The summed E-state index contributed by atoms with van der Waals surface area (Å²) in [6.07, 6.45) is 4.57. The molecule has 0 aliphatic heterocycles. The molecule has 0 bridgehead atoms. The molecule has 0 aromatic rings. The molecular formula is C12H25NO2. The second kappa shape index (κ2) is 6.83. The average Bonchev–Trinajstić information content (AvgIpc) is 2.16. The van der Waals surface area contributed by atoms with Crippen molar-refractivity contribution in [2.24, 2.45) is 11.7 Å². The molecule has 0 radical (unpaired) electrons. The lowest BCUT2D eigenvalue weighted by atomic mass is 10.0. The maximum atomic E-state index is 11.4. The Morgan fingerprint density at radius 3 is 2.40 bits per heavy atom. The largest absolute Gasteiger partial charge is 0.464 e. The molecule has 0 aromatic heterocycles. The maximum Gasteiger partial charge on any atom is 0.325 e. The summed E-state index contributed by atoms with van der Waals surface area (Å²) in [7, 11) is 0. The monoisotopic (exact) mass is 215 g/mol. The topological polar surface area (TPSA) is 52.3 Å². The Morgan fingerprint density at radius 2 is 2.00 bits per heavy atom. The van der Waals surface area contributed by atoms with E-state index in [1.807, 2.05) is 0 Å². The van der Waals surface area contributed by atoms with Crippen molar-refractivity contribution in [3.63, 3.8) is 0 Å². The first kappa shape index (κ1) is 14.4. The average molecular weight is 215 g/mol. The van der Waals surface area contributed by atoms with Crippen LogP contribution in [0, 0.1) is 5.92 Å². The van der Waals surface area contributed by atoms with E-state index in [0.717, 1.165) is 12.8 Å². The number of carbonyl (C=O) groups is 1. The first-order valence-corrected chi connectivity index (χ1v) is 5.87. The van der Waals surface area contributed by atoms with E-state index >= 15 is 0 Å². The fourth-order valence-electron chi connectivity index (χ4n) is 1.28. The van der Waals surface area contributed by atoms with E-state index in [2.05, 4.69) is 13.8 Å². The number of esters is 1. The molecule has 0 fully saturated rings. The van der Waals surface area contributed by atoms with Crippen LogP contribution >= 0.6 is 0 Å². The van der Waals surface area contributed by atoms with Crippen LogP contribution < -0.4 is 5.73 Å². The Bertz CT molecular complexity index is 185. The van der Waals surface area contributed by atoms with Crippen molar-refractivity contribution in [2.45, 2.75) is 58.9 Å². The number of nitrogens with two attached hydrogens (primary N) is 1. The van der Waals surface area contributed by atoms with Crippen LogP contribution in [0.5, 0.6) is 0 Å². The molecule has 0 heterocycles. The van der Waals surface area contributed by atoms with Crippen LogP contribution in [-0.4, -0.2) is 18.1 Å². The van der Waals surface area contributed by atoms with Gasteiger partial charge in [0.1, 0.15) is 5.54 Å². The summed E-state index contributed by atoms with van der Waals surface area (Å²) in [5.74, 6) is 0.175. The SMILES string of the molecule is CCCCC(CC)COC(=O)C(C)(C)N. The molecule has 90 valence electrons. The van der Waals surface area contributed by atoms with Gasteiger partial charge in [0, 0.05) is 0 Å². The second-order valence-corrected chi connectivity index (χ2v) is 4.74. The minimum absolute atomic E-state index is 0.308. The third-order valence-electron chi connectivity index (χ3n) is 2.52. The van der Waals surface area contributed by atoms with Crippen LogP contribution in [0.3, 0.4) is 0 Å². The highest BCUT2D eigenvalue weighted by molar-refractivity contribution is 5.79. The van der Waals surface area contributed by atoms with E-state index in [-0.39, 0.29) is 5.97 Å². The lowest BCUT2D eigenvalue weighted by Gasteiger charge is -2.20. The van der Waals surface area contributed by atoms with Gasteiger partial charge in [0.2, 0.25) is 0 Å². The molecule has 0 rings (SSSR count). The lowest BCUT2D eigenvalue weighted by Crippen LogP contribution is -2.43. The highest BCUT2D eigenvalue weighted by Crippen LogP contribution is 2.13. The molecule has 0 saturated carbocycles. The Balaban J connectivity index is 3.85. The Kier molecular flexibility index (Phi) is 6.57. The molecular weight excluding hydrogens is 190 g/mol. The summed E-state index contributed by atoms with van der Waals surface area (Å²) in [4.78, 5) is 11.4. The first-order valence-electron chi connectivity index (χ1n) is 5.87. The standard InChI is InChI=1S/C12H25NO2/c1-5-7-8-10(6-2)9-15-11(14)12(3,4)13/h10H,5-9,13H2,1-4H3. The minimum Gasteiger partial charge on any atom is -0.464 e. The zero-order valence-corrected chi connectivity index (χ0v) is 10.5. The minimum atomic E-state index is -0.872. The molecule has 1 atom stereocenters. The number of hydrogen-bond donors (Lipinski definition) is 1. The number of carbonyl (C=O) groups excluding carboxylic acids is 1. The molecule has 0 aliphatic rings. The van der Waals surface area contributed by atoms with E-state index in [1.165, 1.54) is 12.8 Å². The molecule has 0 saturated heterocycles. The first-order chi connectivity index (χ1) is 6.91. The lowest BCUT2D eigenvalue weighted by molar-refractivity contribution is -0.150. The van der Waals surface area contributed by atoms with E-state index in [9.17, 15) is 4.79 Å². The number of ether oxygens (including phenoxy) is 1. The van der Waals surface area contributed by atoms with Gasteiger partial charge >= 0.3 is 5.97 Å². The van der Waals surface area contributed by atoms with Crippen LogP contribution in [0.4, 0.5) is 0 Å². The van der Waals surface area contributed by atoms with Gasteiger partial charge in [-0.1, -0.05) is 33.1 Å². The zero-order chi connectivity index (χ0) is 11.9. The molecule has 15 heavy (non-hydrogen) atoms. The fourth-order valence-corrected chi connectivity index (χ4v) is 1.28. The van der Waals surface area contributed by atoms with Gasteiger partial charge in [0.15, 0.2) is 0 Å². The summed E-state index contributed by atoms with van der Waals surface area (Å²) < 4.78 is 5.19. The van der Waals surface area contributed by atoms with Gasteiger partial charge in [-0.05, 0) is 26.2 Å². The molecule has 0 aromatic carbocycles. The second-order valence-electron chi connectivity index (χ2n) is 4.74. The fraction of sp³-hybridized carbons (Fsp3) is 0.917.